The second kappa shape index (κ2) is 4.32. The van der Waals surface area contributed by atoms with E-state index in [1.807, 2.05) is 5.06 Å². The molecular weight excluding hydrogens is 126 g/mol. The second-order valence-electron chi connectivity index (χ2n) is 2.42. The summed E-state index contributed by atoms with van der Waals surface area (Å²) in [6.45, 7) is 2.79. The van der Waals surface area contributed by atoms with Crippen LogP contribution < -0.4 is 0 Å². The van der Waals surface area contributed by atoms with Gasteiger partial charge in [-0.3, -0.25) is 4.84 Å². The van der Waals surface area contributed by atoms with Crippen LogP contribution in [0.25, 0.3) is 0 Å². The lowest BCUT2D eigenvalue weighted by Gasteiger charge is -2.24. The molecular formula is C8H13NO. The molecule has 10 heavy (non-hydrogen) atoms. The summed E-state index contributed by atoms with van der Waals surface area (Å²) in [4.78, 5) is 5.32. The Bertz CT molecular complexity index is 122. The zero-order valence-corrected chi connectivity index (χ0v) is 6.18. The van der Waals surface area contributed by atoms with Gasteiger partial charge in [0.15, 0.2) is 0 Å². The molecule has 1 fully saturated rings. The van der Waals surface area contributed by atoms with Gasteiger partial charge in [0, 0.05) is 19.5 Å². The molecule has 2 heteroatoms. The Kier molecular flexibility index (Phi) is 3.28. The summed E-state index contributed by atoms with van der Waals surface area (Å²) in [5, 5.41) is 1.96. The van der Waals surface area contributed by atoms with Gasteiger partial charge in [-0.15, -0.1) is 12.3 Å². The SMILES string of the molecule is C#CCCN1CCCCO1. The highest BCUT2D eigenvalue weighted by Crippen LogP contribution is 2.05. The number of hydrogen-bond acceptors (Lipinski definition) is 2. The van der Waals surface area contributed by atoms with Crippen molar-refractivity contribution in [2.75, 3.05) is 19.7 Å². The fourth-order valence-electron chi connectivity index (χ4n) is 1.01. The Morgan fingerprint density at radius 1 is 1.50 bits per heavy atom. The molecule has 2 nitrogen and oxygen atoms in total. The minimum Gasteiger partial charge on any atom is -0.299 e. The van der Waals surface area contributed by atoms with Gasteiger partial charge in [-0.1, -0.05) is 0 Å². The molecule has 0 N–H and O–H groups in total. The van der Waals surface area contributed by atoms with Crippen molar-refractivity contribution in [2.24, 2.45) is 0 Å². The fourth-order valence-corrected chi connectivity index (χ4v) is 1.01. The summed E-state index contributed by atoms with van der Waals surface area (Å²) in [6.07, 6.45) is 8.33. The molecule has 0 bridgehead atoms. The minimum absolute atomic E-state index is 0.792. The predicted molar refractivity (Wildman–Crippen MR) is 40.2 cm³/mol. The zero-order valence-electron chi connectivity index (χ0n) is 6.18. The van der Waals surface area contributed by atoms with E-state index in [1.165, 1.54) is 12.8 Å². The molecule has 0 unspecified atom stereocenters. The van der Waals surface area contributed by atoms with Crippen LogP contribution >= 0.6 is 0 Å². The molecule has 1 rings (SSSR count). The topological polar surface area (TPSA) is 12.5 Å². The average Bonchev–Trinajstić information content (AvgIpc) is 2.03. The van der Waals surface area contributed by atoms with E-state index in [0.29, 0.717) is 0 Å². The number of hydrogen-bond donors (Lipinski definition) is 0. The van der Waals surface area contributed by atoms with E-state index in [9.17, 15) is 0 Å². The van der Waals surface area contributed by atoms with Gasteiger partial charge in [0.25, 0.3) is 0 Å². The summed E-state index contributed by atoms with van der Waals surface area (Å²) < 4.78 is 0. The van der Waals surface area contributed by atoms with Crippen LogP contribution in [0.15, 0.2) is 0 Å². The lowest BCUT2D eigenvalue weighted by atomic mass is 10.3. The van der Waals surface area contributed by atoms with E-state index in [1.54, 1.807) is 0 Å². The first-order chi connectivity index (χ1) is 4.93. The Morgan fingerprint density at radius 2 is 2.40 bits per heavy atom. The van der Waals surface area contributed by atoms with E-state index in [0.717, 1.165) is 26.1 Å². The van der Waals surface area contributed by atoms with Crippen LogP contribution in [0.2, 0.25) is 0 Å². The van der Waals surface area contributed by atoms with Crippen LogP contribution in [0, 0.1) is 12.3 Å². The highest BCUT2D eigenvalue weighted by atomic mass is 16.7. The molecule has 0 radical (unpaired) electrons. The minimum atomic E-state index is 0.792. The maximum atomic E-state index is 5.32. The van der Waals surface area contributed by atoms with E-state index in [2.05, 4.69) is 5.92 Å². The van der Waals surface area contributed by atoms with E-state index >= 15 is 0 Å². The summed E-state index contributed by atoms with van der Waals surface area (Å²) in [7, 11) is 0. The first-order valence-electron chi connectivity index (χ1n) is 3.75. The fraction of sp³-hybridized carbons (Fsp3) is 0.750. The molecule has 0 aliphatic carbocycles. The largest absolute Gasteiger partial charge is 0.299 e. The molecule has 0 aromatic rings. The van der Waals surface area contributed by atoms with Crippen LogP contribution in [0.3, 0.4) is 0 Å². The quantitative estimate of drug-likeness (QED) is 0.530. The van der Waals surface area contributed by atoms with Gasteiger partial charge in [-0.25, -0.2) is 0 Å². The number of hydroxylamine groups is 2. The molecule has 0 saturated carbocycles. The van der Waals surface area contributed by atoms with E-state index in [4.69, 9.17) is 11.3 Å². The zero-order chi connectivity index (χ0) is 7.23. The maximum Gasteiger partial charge on any atom is 0.0685 e. The highest BCUT2D eigenvalue weighted by molar-refractivity contribution is 4.84. The monoisotopic (exact) mass is 139 g/mol. The van der Waals surface area contributed by atoms with Gasteiger partial charge in [0.1, 0.15) is 0 Å². The summed E-state index contributed by atoms with van der Waals surface area (Å²) in [6, 6.07) is 0. The molecule has 1 heterocycles. The lowest BCUT2D eigenvalue weighted by molar-refractivity contribution is -0.179. The maximum absolute atomic E-state index is 5.32. The molecule has 0 aromatic carbocycles. The normalized spacial score (nSPS) is 20.3. The Morgan fingerprint density at radius 3 is 3.00 bits per heavy atom. The molecule has 1 aliphatic rings. The Hall–Kier alpha value is -0.520. The molecule has 1 aliphatic heterocycles. The van der Waals surface area contributed by atoms with Crippen LogP contribution in [0.4, 0.5) is 0 Å². The molecule has 0 spiro atoms. The van der Waals surface area contributed by atoms with Gasteiger partial charge in [0.05, 0.1) is 6.61 Å². The van der Waals surface area contributed by atoms with Gasteiger partial charge in [0.2, 0.25) is 0 Å². The average molecular weight is 139 g/mol. The van der Waals surface area contributed by atoms with Crippen molar-refractivity contribution in [2.45, 2.75) is 19.3 Å². The number of terminal acetylenes is 1. The van der Waals surface area contributed by atoms with Gasteiger partial charge >= 0.3 is 0 Å². The molecule has 1 saturated heterocycles. The summed E-state index contributed by atoms with van der Waals surface area (Å²) >= 11 is 0. The van der Waals surface area contributed by atoms with E-state index < -0.39 is 0 Å². The van der Waals surface area contributed by atoms with Crippen molar-refractivity contribution in [3.8, 4) is 12.3 Å². The predicted octanol–water partition coefficient (Wildman–Crippen LogP) is 1.04. The number of nitrogens with zero attached hydrogens (tertiary/aromatic N) is 1. The number of rotatable bonds is 2. The summed E-state index contributed by atoms with van der Waals surface area (Å²) in [5.74, 6) is 2.59. The van der Waals surface area contributed by atoms with Gasteiger partial charge in [-0.05, 0) is 12.8 Å². The van der Waals surface area contributed by atoms with Crippen molar-refractivity contribution in [3.63, 3.8) is 0 Å². The third kappa shape index (κ3) is 2.38. The van der Waals surface area contributed by atoms with Crippen molar-refractivity contribution in [1.82, 2.24) is 5.06 Å². The highest BCUT2D eigenvalue weighted by Gasteiger charge is 2.08. The van der Waals surface area contributed by atoms with Crippen LogP contribution in [0.5, 0.6) is 0 Å². The van der Waals surface area contributed by atoms with E-state index in [-0.39, 0.29) is 0 Å². The Labute approximate surface area is 62.1 Å². The smallest absolute Gasteiger partial charge is 0.0685 e. The van der Waals surface area contributed by atoms with Gasteiger partial charge < -0.3 is 0 Å². The first-order valence-corrected chi connectivity index (χ1v) is 3.75. The van der Waals surface area contributed by atoms with Crippen LogP contribution in [0.1, 0.15) is 19.3 Å². The lowest BCUT2D eigenvalue weighted by Crippen LogP contribution is -2.30. The van der Waals surface area contributed by atoms with Crippen molar-refractivity contribution in [1.29, 1.82) is 0 Å². The van der Waals surface area contributed by atoms with Crippen molar-refractivity contribution in [3.05, 3.63) is 0 Å². The van der Waals surface area contributed by atoms with Gasteiger partial charge in [-0.2, -0.15) is 5.06 Å². The Balaban J connectivity index is 2.09. The molecule has 0 aromatic heterocycles. The van der Waals surface area contributed by atoms with Crippen LogP contribution in [-0.2, 0) is 4.84 Å². The second-order valence-corrected chi connectivity index (χ2v) is 2.42. The standard InChI is InChI=1S/C8H13NO/c1-2-3-6-9-7-4-5-8-10-9/h1H,3-8H2. The summed E-state index contributed by atoms with van der Waals surface area (Å²) in [5.41, 5.74) is 0. The third-order valence-corrected chi connectivity index (χ3v) is 1.58. The third-order valence-electron chi connectivity index (χ3n) is 1.58. The van der Waals surface area contributed by atoms with Crippen molar-refractivity contribution < 1.29 is 4.84 Å². The molecule has 0 atom stereocenters. The molecule has 56 valence electrons. The first kappa shape index (κ1) is 7.59. The van der Waals surface area contributed by atoms with Crippen LogP contribution in [-0.4, -0.2) is 24.8 Å². The molecule has 0 amide bonds. The van der Waals surface area contributed by atoms with Crippen molar-refractivity contribution >= 4 is 0 Å².